The highest BCUT2D eigenvalue weighted by molar-refractivity contribution is 7.86. The lowest BCUT2D eigenvalue weighted by Gasteiger charge is -2.28. The van der Waals surface area contributed by atoms with E-state index in [1.165, 1.54) is 11.8 Å². The molecule has 0 spiro atoms. The predicted octanol–water partition coefficient (Wildman–Crippen LogP) is -7.99. The van der Waals surface area contributed by atoms with Gasteiger partial charge in [0.25, 0.3) is 30.4 Å². The van der Waals surface area contributed by atoms with Crippen molar-refractivity contribution in [1.29, 1.82) is 0 Å². The van der Waals surface area contributed by atoms with Gasteiger partial charge in [-0.05, 0) is 32.1 Å². The molecule has 0 saturated carbocycles. The first-order valence-electron chi connectivity index (χ1n) is 27.8. The maximum absolute atomic E-state index is 12.4. The molecule has 0 aliphatic carbocycles. The first kappa shape index (κ1) is 89.2. The minimum Gasteiger partial charge on any atom is -0.480 e. The van der Waals surface area contributed by atoms with Gasteiger partial charge in [-0.2, -0.15) is 25.3 Å². The Balaban J connectivity index is -0.00000130. The topological polar surface area (TPSA) is 628 Å². The van der Waals surface area contributed by atoms with E-state index in [0.29, 0.717) is 53.8 Å². The zero-order valence-electron chi connectivity index (χ0n) is 50.8. The fraction of sp³-hybridized carbons (Fsp3) is 0.792. The fourth-order valence-electron chi connectivity index (χ4n) is 7.19. The maximum atomic E-state index is 12.4. The molecule has 0 aliphatic heterocycles. The van der Waals surface area contributed by atoms with Gasteiger partial charge in [0.1, 0.15) is 18.1 Å². The van der Waals surface area contributed by atoms with E-state index in [2.05, 4.69) is 26.6 Å². The lowest BCUT2D eigenvalue weighted by molar-refractivity contribution is -0.146. The van der Waals surface area contributed by atoms with Crippen molar-refractivity contribution < 1.29 is 147 Å². The minimum absolute atomic E-state index is 0.0142. The van der Waals surface area contributed by atoms with Gasteiger partial charge in [0.2, 0.25) is 23.6 Å². The summed E-state index contributed by atoms with van der Waals surface area (Å²) in [5, 5.41) is 104. The van der Waals surface area contributed by atoms with Gasteiger partial charge >= 0.3 is 35.8 Å². The highest BCUT2D eigenvalue weighted by Gasteiger charge is 2.36. The molecule has 0 radical (unpaired) electrons. The molecular weight excluding hydrogens is 1290 g/mol. The Morgan fingerprint density at radius 3 is 0.978 bits per heavy atom. The molecule has 0 aromatic carbocycles. The van der Waals surface area contributed by atoms with E-state index in [-0.39, 0.29) is 71.4 Å². The number of aliphatic hydroxyl groups is 4. The third-order valence-electron chi connectivity index (χ3n) is 11.7. The van der Waals surface area contributed by atoms with Crippen molar-refractivity contribution in [2.45, 2.75) is 102 Å². The van der Waals surface area contributed by atoms with Gasteiger partial charge in [-0.1, -0.05) is 20.8 Å². The Kier molecular flexibility index (Phi) is 47.7. The second-order valence-corrected chi connectivity index (χ2v) is 24.3. The lowest BCUT2D eigenvalue weighted by Crippen LogP contribution is -2.54. The second-order valence-electron chi connectivity index (χ2n) is 19.8. The second kappa shape index (κ2) is 48.7. The Labute approximate surface area is 525 Å². The number of hydrogen-bond donors (Lipinski definition) is 18. The summed E-state index contributed by atoms with van der Waals surface area (Å²) in [6.07, 6.45) is 0.418. The zero-order chi connectivity index (χ0) is 70.7. The number of ether oxygens (including phenoxy) is 2. The van der Waals surface area contributed by atoms with Crippen LogP contribution in [0.5, 0.6) is 0 Å². The molecule has 7 unspecified atom stereocenters. The molecule has 0 fully saturated rings. The van der Waals surface area contributed by atoms with Gasteiger partial charge in [-0.25, -0.2) is 0 Å². The van der Waals surface area contributed by atoms with Gasteiger partial charge in [0, 0.05) is 79.0 Å². The third kappa shape index (κ3) is 52.2. The van der Waals surface area contributed by atoms with Crippen molar-refractivity contribution in [2.24, 2.45) is 0 Å². The van der Waals surface area contributed by atoms with Gasteiger partial charge < -0.3 is 92.0 Å². The molecule has 0 aromatic rings. The van der Waals surface area contributed by atoms with E-state index >= 15 is 0 Å². The molecule has 0 saturated heterocycles. The summed E-state index contributed by atoms with van der Waals surface area (Å²) in [7, 11) is -14.1. The van der Waals surface area contributed by atoms with Crippen LogP contribution < -0.4 is 26.6 Å². The number of aliphatic hydroxyl groups excluding tert-OH is 4. The Morgan fingerprint density at radius 2 is 0.703 bits per heavy atom. The number of nitrogens with one attached hydrogen (secondary N) is 5. The number of carboxylic acid groups (broad SMARTS) is 6. The van der Waals surface area contributed by atoms with Crippen molar-refractivity contribution >= 4 is 89.8 Å². The minimum atomic E-state index is -4.75. The van der Waals surface area contributed by atoms with Crippen LogP contribution >= 0.6 is 0 Å². The van der Waals surface area contributed by atoms with Crippen LogP contribution in [0, 0.1) is 0 Å². The van der Waals surface area contributed by atoms with E-state index in [4.69, 9.17) is 53.8 Å². The number of unbranched alkanes of at least 4 members (excludes halogenated alkanes) is 1. The van der Waals surface area contributed by atoms with Crippen LogP contribution in [0.1, 0.15) is 59.8 Å². The van der Waals surface area contributed by atoms with Crippen molar-refractivity contribution in [1.82, 2.24) is 46.2 Å². The first-order valence-corrected chi connectivity index (χ1v) is 32.7. The molecule has 532 valence electrons. The number of carbonyl (C=O) groups excluding carboxylic acids is 4. The van der Waals surface area contributed by atoms with Crippen molar-refractivity contribution in [2.75, 3.05) is 142 Å². The SMILES string of the molecule is CCC(O)CN(CCNC(=O)C(CS(=O)(=O)O)N(CC(=O)O)CC(=O)O)C(C)=O.CCC(O)CNCCNC(=O)C(CS(=O)(=O)O)N(CC(=O)O)CC(=O)O.CCC(O)COCCCCOCC(O)CNCCNC(=O)C(CS(=O)(=O)O)N(CC(=O)O)CC(=O)O. The summed E-state index contributed by atoms with van der Waals surface area (Å²) in [5.74, 6) is -15.8. The largest absolute Gasteiger partial charge is 0.480 e. The molecule has 0 rings (SSSR count). The molecular formula is C48H91N9O31S3. The normalized spacial score (nSPS) is 14.0. The summed E-state index contributed by atoms with van der Waals surface area (Å²) in [6.45, 7) is 2.92. The molecule has 40 nitrogen and oxygen atoms in total. The maximum Gasteiger partial charge on any atom is 0.317 e. The summed E-state index contributed by atoms with van der Waals surface area (Å²) in [5.41, 5.74) is 0. The van der Waals surface area contributed by atoms with E-state index in [1.54, 1.807) is 13.8 Å². The Morgan fingerprint density at radius 1 is 0.418 bits per heavy atom. The van der Waals surface area contributed by atoms with E-state index in [0.717, 1.165) is 12.8 Å². The number of carboxylic acids is 6. The zero-order valence-corrected chi connectivity index (χ0v) is 53.3. The molecule has 0 heterocycles. The van der Waals surface area contributed by atoms with Crippen LogP contribution in [0.3, 0.4) is 0 Å². The molecule has 0 aromatic heterocycles. The van der Waals surface area contributed by atoms with Crippen LogP contribution in [0.2, 0.25) is 0 Å². The number of aliphatic carboxylic acids is 6. The molecule has 0 bridgehead atoms. The quantitative estimate of drug-likeness (QED) is 0.0199. The first-order chi connectivity index (χ1) is 42.1. The Bertz CT molecular complexity index is 2530. The lowest BCUT2D eigenvalue weighted by atomic mass is 10.2. The van der Waals surface area contributed by atoms with E-state index < -0.39 is 183 Å². The van der Waals surface area contributed by atoms with Gasteiger partial charge in [0.15, 0.2) is 0 Å². The van der Waals surface area contributed by atoms with Crippen molar-refractivity contribution in [3.63, 3.8) is 0 Å². The summed E-state index contributed by atoms with van der Waals surface area (Å²) in [6, 6.07) is -5.23. The van der Waals surface area contributed by atoms with Crippen molar-refractivity contribution in [3.8, 4) is 0 Å². The molecule has 4 amide bonds. The predicted molar refractivity (Wildman–Crippen MR) is 314 cm³/mol. The Hall–Kier alpha value is -6.01. The van der Waals surface area contributed by atoms with E-state index in [9.17, 15) is 93.6 Å². The number of nitrogens with zero attached hydrogens (tertiary/aromatic N) is 4. The van der Waals surface area contributed by atoms with Crippen molar-refractivity contribution in [3.05, 3.63) is 0 Å². The summed E-state index contributed by atoms with van der Waals surface area (Å²) < 4.78 is 105. The number of rotatable bonds is 51. The van der Waals surface area contributed by atoms with Gasteiger partial charge in [-0.3, -0.25) is 76.3 Å². The number of hydrogen-bond acceptors (Lipinski definition) is 27. The summed E-state index contributed by atoms with van der Waals surface area (Å²) in [4.78, 5) is 117. The van der Waals surface area contributed by atoms with Gasteiger partial charge in [0.05, 0.1) is 94.2 Å². The molecule has 0 aliphatic rings. The summed E-state index contributed by atoms with van der Waals surface area (Å²) >= 11 is 0. The fourth-order valence-corrected chi connectivity index (χ4v) is 9.48. The number of amides is 4. The molecule has 18 N–H and O–H groups in total. The standard InChI is InChI=1S/C20H39N3O12S.C15H27N3O10S.C13H25N3O9S/c1-2-15(24)12-34-7-3-4-8-35-13-16(25)9-21-5-6-22-20(30)17(14-36(31,32)33)23(10-18(26)27)11-19(28)29;1-3-11(20)6-17(10(2)19)5-4-16-15(25)12(9-29(26,27)28)18(7-13(21)22)8-14(23)24;1-2-9(17)5-14-3-4-15-13(22)10(8-26(23,24)25)16(6-11(18)19)7-12(20)21/h15-17,21,24-25H,2-14H2,1H3,(H,22,30)(H,26,27)(H,28,29)(H,31,32,33);11-12,20H,3-9H2,1-2H3,(H,16,25)(H,21,22)(H,23,24)(H,26,27,28);9-10,14,17H,2-8H2,1H3,(H,15,22)(H,18,19)(H,20,21)(H,23,24,25). The molecule has 7 atom stereocenters. The molecule has 43 heteroatoms. The van der Waals surface area contributed by atoms with Crippen LogP contribution in [0.25, 0.3) is 0 Å². The average Bonchev–Trinajstić information content (AvgIpc) is 1.76. The van der Waals surface area contributed by atoms with Crippen LogP contribution in [0.15, 0.2) is 0 Å². The number of carbonyl (C=O) groups is 10. The monoisotopic (exact) mass is 1390 g/mol. The van der Waals surface area contributed by atoms with Crippen LogP contribution in [0.4, 0.5) is 0 Å². The van der Waals surface area contributed by atoms with Crippen LogP contribution in [-0.2, 0) is 87.8 Å². The van der Waals surface area contributed by atoms with Crippen LogP contribution in [-0.4, -0.2) is 353 Å². The smallest absolute Gasteiger partial charge is 0.317 e. The highest BCUT2D eigenvalue weighted by Crippen LogP contribution is 2.08. The van der Waals surface area contributed by atoms with Gasteiger partial charge in [-0.15, -0.1) is 0 Å². The highest BCUT2D eigenvalue weighted by atomic mass is 32.2. The third-order valence-corrected chi connectivity index (χ3v) is 14.0. The van der Waals surface area contributed by atoms with E-state index in [1.807, 2.05) is 6.92 Å². The average molecular weight is 1390 g/mol. The molecule has 91 heavy (non-hydrogen) atoms.